The van der Waals surface area contributed by atoms with Gasteiger partial charge in [-0.05, 0) is 32.7 Å². The third kappa shape index (κ3) is 0.821. The molecule has 0 nitrogen and oxygen atoms in total. The van der Waals surface area contributed by atoms with Crippen molar-refractivity contribution in [3.8, 4) is 0 Å². The maximum atomic E-state index is 2.29. The monoisotopic (exact) mass is 204 g/mol. The van der Waals surface area contributed by atoms with E-state index in [1.807, 2.05) is 0 Å². The SMILES string of the molecule is C1=CC2=C([Si]1)c1cccc3cccc2c13. The molecule has 0 spiro atoms. The molecule has 0 aromatic heterocycles. The maximum absolute atomic E-state index is 2.29. The van der Waals surface area contributed by atoms with Crippen molar-refractivity contribution in [1.29, 1.82) is 0 Å². The van der Waals surface area contributed by atoms with Gasteiger partial charge in [-0.3, -0.25) is 0 Å². The van der Waals surface area contributed by atoms with E-state index in [2.05, 4.69) is 48.2 Å². The Labute approximate surface area is 90.8 Å². The van der Waals surface area contributed by atoms with Gasteiger partial charge >= 0.3 is 0 Å². The molecule has 0 bridgehead atoms. The summed E-state index contributed by atoms with van der Waals surface area (Å²) in [7, 11) is 0.853. The van der Waals surface area contributed by atoms with E-state index in [1.54, 1.807) is 5.20 Å². The van der Waals surface area contributed by atoms with E-state index < -0.39 is 0 Å². The highest BCUT2D eigenvalue weighted by Crippen LogP contribution is 2.43. The first-order valence-electron chi connectivity index (χ1n) is 5.15. The lowest BCUT2D eigenvalue weighted by atomic mass is 10.0. The predicted octanol–water partition coefficient (Wildman–Crippen LogP) is 3.25. The van der Waals surface area contributed by atoms with Gasteiger partial charge in [-0.15, -0.1) is 0 Å². The molecule has 0 unspecified atom stereocenters. The van der Waals surface area contributed by atoms with Crippen molar-refractivity contribution in [2.24, 2.45) is 0 Å². The summed E-state index contributed by atoms with van der Waals surface area (Å²) < 4.78 is 0. The smallest absolute Gasteiger partial charge is 0.0926 e. The largest absolute Gasteiger partial charge is 0.113 e. The van der Waals surface area contributed by atoms with E-state index in [9.17, 15) is 0 Å². The molecule has 2 aromatic carbocycles. The van der Waals surface area contributed by atoms with Crippen molar-refractivity contribution in [2.75, 3.05) is 0 Å². The molecule has 1 aliphatic carbocycles. The Balaban J connectivity index is 2.26. The molecule has 2 radical (unpaired) electrons. The first-order valence-corrected chi connectivity index (χ1v) is 6.23. The molecule has 0 saturated heterocycles. The fourth-order valence-corrected chi connectivity index (χ4v) is 3.74. The Morgan fingerprint density at radius 2 is 1.67 bits per heavy atom. The van der Waals surface area contributed by atoms with Crippen LogP contribution >= 0.6 is 0 Å². The molecular weight excluding hydrogens is 196 g/mol. The number of rotatable bonds is 0. The molecule has 0 amide bonds. The van der Waals surface area contributed by atoms with Crippen LogP contribution < -0.4 is 0 Å². The van der Waals surface area contributed by atoms with E-state index in [-0.39, 0.29) is 0 Å². The fraction of sp³-hybridized carbons (Fsp3) is 0. The molecule has 1 heterocycles. The average molecular weight is 204 g/mol. The normalized spacial score (nSPS) is 16.5. The summed E-state index contributed by atoms with van der Waals surface area (Å²) in [6, 6.07) is 13.2. The van der Waals surface area contributed by atoms with E-state index in [0.717, 1.165) is 9.52 Å². The van der Waals surface area contributed by atoms with Gasteiger partial charge in [-0.2, -0.15) is 0 Å². The highest BCUT2D eigenvalue weighted by atomic mass is 28.2. The summed E-state index contributed by atoms with van der Waals surface area (Å²) in [5.41, 5.74) is 6.64. The molecule has 4 rings (SSSR count). The summed E-state index contributed by atoms with van der Waals surface area (Å²) in [6.45, 7) is 0. The van der Waals surface area contributed by atoms with Gasteiger partial charge in [-0.25, -0.2) is 0 Å². The van der Waals surface area contributed by atoms with Crippen LogP contribution in [0.4, 0.5) is 0 Å². The molecule has 1 heteroatoms. The van der Waals surface area contributed by atoms with Crippen molar-refractivity contribution < 1.29 is 0 Å². The topological polar surface area (TPSA) is 0 Å². The summed E-state index contributed by atoms with van der Waals surface area (Å²) in [4.78, 5) is 0. The zero-order valence-electron chi connectivity index (χ0n) is 8.12. The number of benzene rings is 2. The first kappa shape index (κ1) is 7.66. The van der Waals surface area contributed by atoms with Crippen molar-refractivity contribution in [3.05, 3.63) is 59.3 Å². The van der Waals surface area contributed by atoms with Crippen LogP contribution in [-0.4, -0.2) is 9.52 Å². The lowest BCUT2D eigenvalue weighted by molar-refractivity contribution is 1.70. The Bertz CT molecular complexity index is 642. The molecule has 0 saturated carbocycles. The molecule has 0 fully saturated rings. The van der Waals surface area contributed by atoms with Crippen LogP contribution in [0.25, 0.3) is 21.5 Å². The van der Waals surface area contributed by atoms with Crippen LogP contribution in [0.2, 0.25) is 0 Å². The third-order valence-electron chi connectivity index (χ3n) is 3.21. The van der Waals surface area contributed by atoms with E-state index >= 15 is 0 Å². The van der Waals surface area contributed by atoms with E-state index in [0.29, 0.717) is 0 Å². The number of hydrogen-bond donors (Lipinski definition) is 0. The Kier molecular flexibility index (Phi) is 1.27. The number of hydrogen-bond acceptors (Lipinski definition) is 0. The van der Waals surface area contributed by atoms with Gasteiger partial charge in [0, 0.05) is 0 Å². The average Bonchev–Trinajstić information content (AvgIpc) is 2.84. The second-order valence-corrected chi connectivity index (χ2v) is 5.10. The van der Waals surface area contributed by atoms with Crippen LogP contribution in [0, 0.1) is 0 Å². The van der Waals surface area contributed by atoms with Crippen molar-refractivity contribution in [1.82, 2.24) is 0 Å². The fourth-order valence-electron chi connectivity index (χ4n) is 2.59. The maximum Gasteiger partial charge on any atom is 0.113 e. The van der Waals surface area contributed by atoms with Crippen LogP contribution in [0.15, 0.2) is 48.2 Å². The van der Waals surface area contributed by atoms with Crippen LogP contribution in [0.3, 0.4) is 0 Å². The Morgan fingerprint density at radius 1 is 0.867 bits per heavy atom. The second-order valence-electron chi connectivity index (χ2n) is 3.98. The first-order chi connectivity index (χ1) is 7.45. The van der Waals surface area contributed by atoms with Crippen molar-refractivity contribution in [2.45, 2.75) is 0 Å². The van der Waals surface area contributed by atoms with Gasteiger partial charge in [0.15, 0.2) is 0 Å². The van der Waals surface area contributed by atoms with Gasteiger partial charge in [0.1, 0.15) is 9.52 Å². The van der Waals surface area contributed by atoms with Gasteiger partial charge < -0.3 is 0 Å². The van der Waals surface area contributed by atoms with Gasteiger partial charge in [0.2, 0.25) is 0 Å². The molecule has 0 N–H and O–H groups in total. The third-order valence-corrected chi connectivity index (χ3v) is 4.37. The number of allylic oxidation sites excluding steroid dienone is 2. The minimum absolute atomic E-state index is 0.853. The van der Waals surface area contributed by atoms with Crippen LogP contribution in [0.5, 0.6) is 0 Å². The molecule has 2 aliphatic rings. The molecule has 0 atom stereocenters. The number of fused-ring (bicyclic) bond motifs is 2. The van der Waals surface area contributed by atoms with Gasteiger partial charge in [0.05, 0.1) is 0 Å². The minimum Gasteiger partial charge on any atom is -0.0926 e. The highest BCUT2D eigenvalue weighted by Gasteiger charge is 2.23. The molecule has 1 aliphatic heterocycles. The standard InChI is InChI=1S/C14H8Si/c1-3-9-4-2-6-12-13(9)10(5-1)11-7-8-15-14(11)12/h1-8H. The lowest BCUT2D eigenvalue weighted by Crippen LogP contribution is -1.87. The van der Waals surface area contributed by atoms with Crippen LogP contribution in [-0.2, 0) is 0 Å². The van der Waals surface area contributed by atoms with Crippen molar-refractivity contribution in [3.63, 3.8) is 0 Å². The Hall–Kier alpha value is -1.60. The zero-order chi connectivity index (χ0) is 9.83. The molecule has 2 aromatic rings. The van der Waals surface area contributed by atoms with E-state index in [4.69, 9.17) is 0 Å². The summed E-state index contributed by atoms with van der Waals surface area (Å²) in [5.74, 6) is 0. The second kappa shape index (κ2) is 2.50. The summed E-state index contributed by atoms with van der Waals surface area (Å²) in [6.07, 6.45) is 2.28. The van der Waals surface area contributed by atoms with Gasteiger partial charge in [0.25, 0.3) is 0 Å². The van der Waals surface area contributed by atoms with E-state index in [1.165, 1.54) is 27.5 Å². The lowest BCUT2D eigenvalue weighted by Gasteiger charge is -2.03. The molecule has 15 heavy (non-hydrogen) atoms. The highest BCUT2D eigenvalue weighted by molar-refractivity contribution is 6.72. The zero-order valence-corrected chi connectivity index (χ0v) is 9.12. The summed E-state index contributed by atoms with van der Waals surface area (Å²) in [5, 5.41) is 4.38. The van der Waals surface area contributed by atoms with Crippen LogP contribution in [0.1, 0.15) is 11.1 Å². The molecule has 68 valence electrons. The predicted molar refractivity (Wildman–Crippen MR) is 65.7 cm³/mol. The minimum atomic E-state index is 0.853. The molecular formula is C14H8Si. The quantitative estimate of drug-likeness (QED) is 0.578. The Morgan fingerprint density at radius 3 is 2.53 bits per heavy atom. The van der Waals surface area contributed by atoms with Gasteiger partial charge in [-0.1, -0.05) is 48.2 Å². The van der Waals surface area contributed by atoms with Crippen molar-refractivity contribution >= 4 is 31.1 Å². The summed E-state index contributed by atoms with van der Waals surface area (Å²) >= 11 is 0.